The van der Waals surface area contributed by atoms with Gasteiger partial charge in [-0.3, -0.25) is 4.79 Å². The van der Waals surface area contributed by atoms with Gasteiger partial charge in [-0.2, -0.15) is 0 Å². The highest BCUT2D eigenvalue weighted by Crippen LogP contribution is 2.50. The van der Waals surface area contributed by atoms with Gasteiger partial charge in [0.1, 0.15) is 11.6 Å². The Morgan fingerprint density at radius 1 is 1.27 bits per heavy atom. The van der Waals surface area contributed by atoms with E-state index in [2.05, 4.69) is 17.2 Å². The lowest BCUT2D eigenvalue weighted by Gasteiger charge is -2.40. The van der Waals surface area contributed by atoms with Crippen LogP contribution in [0, 0.1) is 17.0 Å². The van der Waals surface area contributed by atoms with Gasteiger partial charge >= 0.3 is 0 Å². The second kappa shape index (κ2) is 11.7. The number of nitrogens with two attached hydrogens (primary N) is 1. The molecule has 0 bridgehead atoms. The van der Waals surface area contributed by atoms with Crippen LogP contribution in [-0.4, -0.2) is 43.0 Å². The molecule has 2 aliphatic heterocycles. The summed E-state index contributed by atoms with van der Waals surface area (Å²) >= 11 is 12.3. The molecule has 0 saturated carbocycles. The van der Waals surface area contributed by atoms with Crippen molar-refractivity contribution in [2.24, 2.45) is 11.1 Å². The van der Waals surface area contributed by atoms with E-state index in [1.54, 1.807) is 12.1 Å². The van der Waals surface area contributed by atoms with E-state index in [-0.39, 0.29) is 27.3 Å². The molecule has 2 aliphatic rings. The number of amides is 1. The molecule has 2 aromatic carbocycles. The normalized spacial score (nSPS) is 28.0. The van der Waals surface area contributed by atoms with Crippen molar-refractivity contribution < 1.29 is 23.0 Å². The fourth-order valence-corrected chi connectivity index (χ4v) is 6.11. The molecular weight excluding hydrogens is 559 g/mol. The Labute approximate surface area is 244 Å². The highest BCUT2D eigenvalue weighted by molar-refractivity contribution is 6.31. The zero-order chi connectivity index (χ0) is 29.5. The summed E-state index contributed by atoms with van der Waals surface area (Å²) < 4.78 is 42.7. The van der Waals surface area contributed by atoms with Crippen LogP contribution in [0.25, 0.3) is 0 Å². The number of hydrogen-bond donors (Lipinski definition) is 3. The first kappa shape index (κ1) is 30.9. The minimum atomic E-state index is -1.56. The molecule has 0 aromatic heterocycles. The van der Waals surface area contributed by atoms with E-state index in [1.807, 2.05) is 27.7 Å². The minimum absolute atomic E-state index is 0.116. The first-order chi connectivity index (χ1) is 18.7. The van der Waals surface area contributed by atoms with Crippen LogP contribution >= 0.6 is 23.2 Å². The number of allylic oxidation sites excluding steroid dienone is 1. The highest BCUT2D eigenvalue weighted by atomic mass is 35.5. The Hall–Kier alpha value is -2.07. The third kappa shape index (κ3) is 6.22. The Kier molecular flexibility index (Phi) is 9.00. The summed E-state index contributed by atoms with van der Waals surface area (Å²) in [6, 6.07) is 7.10. The predicted octanol–water partition coefficient (Wildman–Crippen LogP) is 5.81. The summed E-state index contributed by atoms with van der Waals surface area (Å²) in [4.78, 5) is 13.8. The van der Waals surface area contributed by atoms with Crippen molar-refractivity contribution in [1.82, 2.24) is 10.6 Å². The third-order valence-electron chi connectivity index (χ3n) is 7.92. The van der Waals surface area contributed by atoms with Gasteiger partial charge in [0.2, 0.25) is 5.91 Å². The molecule has 6 nitrogen and oxygen atoms in total. The van der Waals surface area contributed by atoms with Crippen LogP contribution in [-0.2, 0) is 19.8 Å². The zero-order valence-corrected chi connectivity index (χ0v) is 24.7. The number of hydrogen-bond acceptors (Lipinski definition) is 5. The first-order valence-electron chi connectivity index (χ1n) is 13.4. The van der Waals surface area contributed by atoms with Gasteiger partial charge in [0.25, 0.3) is 0 Å². The maximum Gasteiger partial charge on any atom is 0.237 e. The molecule has 4 N–H and O–H groups in total. The molecule has 4 rings (SSSR count). The van der Waals surface area contributed by atoms with Crippen LogP contribution in [0.2, 0.25) is 10.0 Å². The van der Waals surface area contributed by atoms with Crippen molar-refractivity contribution >= 4 is 29.1 Å². The van der Waals surface area contributed by atoms with E-state index in [4.69, 9.17) is 38.4 Å². The summed E-state index contributed by atoms with van der Waals surface area (Å²) in [6.07, 6.45) is 2.51. The second-order valence-corrected chi connectivity index (χ2v) is 12.6. The molecule has 2 aromatic rings. The lowest BCUT2D eigenvalue weighted by molar-refractivity contribution is -0.138. The highest BCUT2D eigenvalue weighted by Gasteiger charge is 2.58. The number of benzene rings is 2. The Bertz CT molecular complexity index is 1270. The smallest absolute Gasteiger partial charge is 0.237 e. The van der Waals surface area contributed by atoms with Crippen molar-refractivity contribution in [3.05, 3.63) is 81.9 Å². The Morgan fingerprint density at radius 2 is 2.00 bits per heavy atom. The van der Waals surface area contributed by atoms with Gasteiger partial charge in [-0.25, -0.2) is 8.78 Å². The van der Waals surface area contributed by atoms with Gasteiger partial charge in [-0.1, -0.05) is 61.3 Å². The average Bonchev–Trinajstić information content (AvgIpc) is 3.36. The van der Waals surface area contributed by atoms with Gasteiger partial charge in [-0.15, -0.1) is 6.58 Å². The summed E-state index contributed by atoms with van der Waals surface area (Å²) in [6.45, 7) is 12.2. The summed E-state index contributed by atoms with van der Waals surface area (Å²) in [5, 5.41) is 6.36. The summed E-state index contributed by atoms with van der Waals surface area (Å²) in [5.74, 6) is -3.44. The fraction of sp³-hybridized carbons (Fsp3) is 0.500. The monoisotopic (exact) mass is 595 g/mol. The molecule has 2 heterocycles. The van der Waals surface area contributed by atoms with E-state index in [0.29, 0.717) is 26.0 Å². The number of carbonyl (C=O) groups is 1. The molecule has 0 aliphatic carbocycles. The van der Waals surface area contributed by atoms with E-state index < -0.39 is 52.3 Å². The van der Waals surface area contributed by atoms with Crippen molar-refractivity contribution in [3.8, 4) is 0 Å². The standard InChI is InChI=1S/C30H37Cl2F2N3O3/c1-6-28(2,3)15-23-30(35,20-11-10-17(31)14-22(20)33)24(19-8-7-9-21(32)25(19)34)26(37-23)27(38)36-13-12-18-16-39-29(4,5)40-18/h6-11,14,18,23-24,26,37H,1,12-13,15-16,35H2,2-5H3,(H,36,38)/t18-,23-,24-,26+,30+/m0/s1. The molecule has 0 radical (unpaired) electrons. The topological polar surface area (TPSA) is 85.6 Å². The van der Waals surface area contributed by atoms with Gasteiger partial charge in [-0.05, 0) is 55.9 Å². The number of ether oxygens (including phenoxy) is 2. The molecule has 2 fully saturated rings. The summed E-state index contributed by atoms with van der Waals surface area (Å²) in [5.41, 5.74) is 5.44. The second-order valence-electron chi connectivity index (χ2n) is 11.8. The third-order valence-corrected chi connectivity index (χ3v) is 8.44. The lowest BCUT2D eigenvalue weighted by Crippen LogP contribution is -2.52. The molecule has 1 amide bonds. The van der Waals surface area contributed by atoms with Gasteiger partial charge in [0, 0.05) is 29.1 Å². The van der Waals surface area contributed by atoms with E-state index >= 15 is 8.78 Å². The number of carbonyl (C=O) groups excluding carboxylic acids is 1. The van der Waals surface area contributed by atoms with Crippen molar-refractivity contribution in [3.63, 3.8) is 0 Å². The van der Waals surface area contributed by atoms with Crippen molar-refractivity contribution in [2.45, 2.75) is 76.0 Å². The van der Waals surface area contributed by atoms with E-state index in [9.17, 15) is 4.79 Å². The first-order valence-corrected chi connectivity index (χ1v) is 14.1. The minimum Gasteiger partial charge on any atom is -0.355 e. The molecule has 218 valence electrons. The fourth-order valence-electron chi connectivity index (χ4n) is 5.77. The molecule has 0 unspecified atom stereocenters. The van der Waals surface area contributed by atoms with Gasteiger partial charge in [0.05, 0.1) is 29.3 Å². The van der Waals surface area contributed by atoms with Crippen LogP contribution in [0.15, 0.2) is 49.1 Å². The van der Waals surface area contributed by atoms with Gasteiger partial charge < -0.3 is 25.8 Å². The molecule has 5 atom stereocenters. The molecule has 2 saturated heterocycles. The van der Waals surface area contributed by atoms with Crippen LogP contribution in [0.4, 0.5) is 8.78 Å². The maximum atomic E-state index is 15.7. The number of halogens is 4. The van der Waals surface area contributed by atoms with Crippen LogP contribution in [0.5, 0.6) is 0 Å². The lowest BCUT2D eigenvalue weighted by atomic mass is 9.68. The van der Waals surface area contributed by atoms with Crippen LogP contribution < -0.4 is 16.4 Å². The quantitative estimate of drug-likeness (QED) is 0.318. The largest absolute Gasteiger partial charge is 0.355 e. The van der Waals surface area contributed by atoms with Gasteiger partial charge in [0.15, 0.2) is 5.79 Å². The van der Waals surface area contributed by atoms with Crippen LogP contribution in [0.3, 0.4) is 0 Å². The summed E-state index contributed by atoms with van der Waals surface area (Å²) in [7, 11) is 0. The van der Waals surface area contributed by atoms with Crippen molar-refractivity contribution in [2.75, 3.05) is 13.2 Å². The molecular formula is C30H37Cl2F2N3O3. The maximum absolute atomic E-state index is 15.7. The Morgan fingerprint density at radius 3 is 2.62 bits per heavy atom. The average molecular weight is 597 g/mol. The van der Waals surface area contributed by atoms with E-state index in [0.717, 1.165) is 0 Å². The van der Waals surface area contributed by atoms with E-state index in [1.165, 1.54) is 30.3 Å². The van der Waals surface area contributed by atoms with Crippen molar-refractivity contribution in [1.29, 1.82) is 0 Å². The number of nitrogens with one attached hydrogen (secondary N) is 2. The molecule has 40 heavy (non-hydrogen) atoms. The predicted molar refractivity (Wildman–Crippen MR) is 153 cm³/mol. The van der Waals surface area contributed by atoms with Crippen LogP contribution in [0.1, 0.15) is 57.6 Å². The molecule has 10 heteroatoms. The molecule has 0 spiro atoms. The SMILES string of the molecule is C=CC(C)(C)C[C@@H]1N[C@@H](C(=O)NCC[C@H]2COC(C)(C)O2)[C@H](c2cccc(Cl)c2F)[C@@]1(N)c1ccc(Cl)cc1F. The zero-order valence-electron chi connectivity index (χ0n) is 23.2. The Balaban J connectivity index is 1.75. The number of rotatable bonds is 9.